The van der Waals surface area contributed by atoms with Crippen molar-refractivity contribution in [2.75, 3.05) is 13.1 Å². The molecule has 1 aliphatic rings. The molecule has 0 radical (unpaired) electrons. The predicted molar refractivity (Wildman–Crippen MR) is 78.7 cm³/mol. The van der Waals surface area contributed by atoms with Gasteiger partial charge in [-0.15, -0.1) is 0 Å². The predicted octanol–water partition coefficient (Wildman–Crippen LogP) is 1.39. The summed E-state index contributed by atoms with van der Waals surface area (Å²) >= 11 is 0. The molecular weight excluding hydrogens is 272 g/mol. The summed E-state index contributed by atoms with van der Waals surface area (Å²) in [4.78, 5) is 36.4. The molecule has 0 saturated carbocycles. The van der Waals surface area contributed by atoms with E-state index in [1.807, 2.05) is 6.92 Å². The van der Waals surface area contributed by atoms with Crippen molar-refractivity contribution in [2.45, 2.75) is 58.4 Å². The molecule has 0 bridgehead atoms. The van der Waals surface area contributed by atoms with Crippen LogP contribution in [0.3, 0.4) is 0 Å². The van der Waals surface area contributed by atoms with Crippen molar-refractivity contribution in [1.82, 2.24) is 10.2 Å². The van der Waals surface area contributed by atoms with Gasteiger partial charge in [0.15, 0.2) is 0 Å². The average molecular weight is 298 g/mol. The number of aliphatic carboxylic acids is 1. The van der Waals surface area contributed by atoms with Gasteiger partial charge < -0.3 is 15.3 Å². The van der Waals surface area contributed by atoms with Crippen LogP contribution in [0.4, 0.5) is 0 Å². The van der Waals surface area contributed by atoms with E-state index in [0.717, 1.165) is 12.8 Å². The number of hydrogen-bond acceptors (Lipinski definition) is 3. The molecule has 6 nitrogen and oxygen atoms in total. The van der Waals surface area contributed by atoms with Crippen LogP contribution in [0.2, 0.25) is 0 Å². The van der Waals surface area contributed by atoms with E-state index in [1.54, 1.807) is 11.8 Å². The number of carbonyl (C=O) groups excluding carboxylic acids is 2. The van der Waals surface area contributed by atoms with Crippen molar-refractivity contribution >= 4 is 17.8 Å². The number of piperidine rings is 1. The number of likely N-dealkylation sites (tertiary alicyclic amines) is 1. The minimum absolute atomic E-state index is 0.0280. The second kappa shape index (κ2) is 8.64. The fraction of sp³-hybridized carbons (Fsp3) is 0.800. The van der Waals surface area contributed by atoms with Crippen molar-refractivity contribution in [2.24, 2.45) is 5.92 Å². The molecule has 1 aliphatic heterocycles. The molecule has 6 heteroatoms. The van der Waals surface area contributed by atoms with Crippen LogP contribution in [-0.2, 0) is 14.4 Å². The molecule has 1 heterocycles. The number of rotatable bonds is 7. The molecule has 0 aromatic heterocycles. The summed E-state index contributed by atoms with van der Waals surface area (Å²) in [6.45, 7) is 5.06. The van der Waals surface area contributed by atoms with Gasteiger partial charge in [0.2, 0.25) is 11.8 Å². The summed E-state index contributed by atoms with van der Waals surface area (Å²) < 4.78 is 0. The highest BCUT2D eigenvalue weighted by Gasteiger charge is 2.34. The van der Waals surface area contributed by atoms with E-state index < -0.39 is 11.9 Å². The van der Waals surface area contributed by atoms with E-state index in [-0.39, 0.29) is 17.9 Å². The van der Waals surface area contributed by atoms with Crippen LogP contribution in [0.25, 0.3) is 0 Å². The fourth-order valence-corrected chi connectivity index (χ4v) is 2.72. The van der Waals surface area contributed by atoms with Crippen molar-refractivity contribution in [3.63, 3.8) is 0 Å². The number of carbonyl (C=O) groups is 3. The van der Waals surface area contributed by atoms with Crippen LogP contribution in [0.1, 0.15) is 52.4 Å². The van der Waals surface area contributed by atoms with Crippen LogP contribution in [0, 0.1) is 5.92 Å². The average Bonchev–Trinajstić information content (AvgIpc) is 2.44. The first kappa shape index (κ1) is 17.5. The Hall–Kier alpha value is -1.59. The van der Waals surface area contributed by atoms with E-state index in [9.17, 15) is 14.4 Å². The Morgan fingerprint density at radius 1 is 1.29 bits per heavy atom. The molecule has 0 unspecified atom stereocenters. The van der Waals surface area contributed by atoms with Crippen LogP contribution in [0.5, 0.6) is 0 Å². The lowest BCUT2D eigenvalue weighted by Gasteiger charge is -2.37. The standard InChI is InChI=1S/C15H26N2O4/c1-3-9-16-13(18)7-4-8-14(19)17-10-5-6-12(11(17)2)15(20)21/h11-12H,3-10H2,1-2H3,(H,16,18)(H,20,21)/t11-,12-/m0/s1. The van der Waals surface area contributed by atoms with Gasteiger partial charge in [-0.2, -0.15) is 0 Å². The number of hydrogen-bond donors (Lipinski definition) is 2. The van der Waals surface area contributed by atoms with Gasteiger partial charge >= 0.3 is 5.97 Å². The van der Waals surface area contributed by atoms with Gasteiger partial charge in [0.25, 0.3) is 0 Å². The Kier molecular flexibility index (Phi) is 7.19. The number of amides is 2. The maximum Gasteiger partial charge on any atom is 0.308 e. The smallest absolute Gasteiger partial charge is 0.308 e. The molecule has 2 amide bonds. The molecule has 0 aromatic rings. The summed E-state index contributed by atoms with van der Waals surface area (Å²) in [5.41, 5.74) is 0. The zero-order valence-corrected chi connectivity index (χ0v) is 12.9. The Bertz CT molecular complexity index is 384. The van der Waals surface area contributed by atoms with Crippen molar-refractivity contribution in [3.05, 3.63) is 0 Å². The number of carboxylic acid groups (broad SMARTS) is 1. The first-order valence-corrected chi connectivity index (χ1v) is 7.76. The van der Waals surface area contributed by atoms with Gasteiger partial charge in [-0.05, 0) is 32.6 Å². The number of carboxylic acids is 1. The largest absolute Gasteiger partial charge is 0.481 e. The molecule has 21 heavy (non-hydrogen) atoms. The van der Waals surface area contributed by atoms with E-state index in [0.29, 0.717) is 38.8 Å². The van der Waals surface area contributed by atoms with Gasteiger partial charge in [-0.25, -0.2) is 0 Å². The zero-order chi connectivity index (χ0) is 15.8. The summed E-state index contributed by atoms with van der Waals surface area (Å²) in [6, 6.07) is -0.266. The Labute approximate surface area is 125 Å². The normalized spacial score (nSPS) is 21.9. The lowest BCUT2D eigenvalue weighted by atomic mass is 9.90. The maximum atomic E-state index is 12.2. The van der Waals surface area contributed by atoms with E-state index in [4.69, 9.17) is 5.11 Å². The Morgan fingerprint density at radius 3 is 2.62 bits per heavy atom. The van der Waals surface area contributed by atoms with E-state index in [2.05, 4.69) is 5.32 Å². The van der Waals surface area contributed by atoms with Crippen LogP contribution in [-0.4, -0.2) is 46.9 Å². The van der Waals surface area contributed by atoms with E-state index in [1.165, 1.54) is 0 Å². The third-order valence-electron chi connectivity index (χ3n) is 3.99. The molecule has 2 N–H and O–H groups in total. The first-order valence-electron chi connectivity index (χ1n) is 7.76. The van der Waals surface area contributed by atoms with Crippen molar-refractivity contribution in [1.29, 1.82) is 0 Å². The summed E-state index contributed by atoms with van der Waals surface area (Å²) in [6.07, 6.45) is 3.40. The quantitative estimate of drug-likeness (QED) is 0.743. The highest BCUT2D eigenvalue weighted by molar-refractivity contribution is 5.80. The SMILES string of the molecule is CCCNC(=O)CCCC(=O)N1CCC[C@H](C(=O)O)[C@@H]1C. The fourth-order valence-electron chi connectivity index (χ4n) is 2.72. The third kappa shape index (κ3) is 5.36. The number of nitrogens with zero attached hydrogens (tertiary/aromatic N) is 1. The van der Waals surface area contributed by atoms with Crippen LogP contribution >= 0.6 is 0 Å². The van der Waals surface area contributed by atoms with Crippen LogP contribution in [0.15, 0.2) is 0 Å². The van der Waals surface area contributed by atoms with Gasteiger partial charge in [-0.3, -0.25) is 14.4 Å². The minimum Gasteiger partial charge on any atom is -0.481 e. The first-order chi connectivity index (χ1) is 9.97. The van der Waals surface area contributed by atoms with Crippen LogP contribution < -0.4 is 5.32 Å². The van der Waals surface area contributed by atoms with Crippen molar-refractivity contribution < 1.29 is 19.5 Å². The monoisotopic (exact) mass is 298 g/mol. The summed E-state index contributed by atoms with van der Waals surface area (Å²) in [7, 11) is 0. The maximum absolute atomic E-state index is 12.2. The molecule has 1 rings (SSSR count). The molecule has 1 saturated heterocycles. The number of nitrogens with one attached hydrogen (secondary N) is 1. The van der Waals surface area contributed by atoms with Crippen molar-refractivity contribution in [3.8, 4) is 0 Å². The molecule has 2 atom stereocenters. The van der Waals surface area contributed by atoms with E-state index >= 15 is 0 Å². The lowest BCUT2D eigenvalue weighted by molar-refractivity contribution is -0.149. The summed E-state index contributed by atoms with van der Waals surface area (Å²) in [5, 5.41) is 11.9. The Morgan fingerprint density at radius 2 is 2.00 bits per heavy atom. The molecule has 0 aliphatic carbocycles. The second-order valence-corrected chi connectivity index (χ2v) is 5.62. The lowest BCUT2D eigenvalue weighted by Crippen LogP contribution is -2.49. The third-order valence-corrected chi connectivity index (χ3v) is 3.99. The topological polar surface area (TPSA) is 86.7 Å². The van der Waals surface area contributed by atoms with Gasteiger partial charge in [-0.1, -0.05) is 6.92 Å². The van der Waals surface area contributed by atoms with Gasteiger partial charge in [0.05, 0.1) is 5.92 Å². The minimum atomic E-state index is -0.834. The highest BCUT2D eigenvalue weighted by Crippen LogP contribution is 2.24. The molecule has 0 spiro atoms. The highest BCUT2D eigenvalue weighted by atomic mass is 16.4. The molecule has 1 fully saturated rings. The second-order valence-electron chi connectivity index (χ2n) is 5.62. The molecule has 120 valence electrons. The van der Waals surface area contributed by atoms with Gasteiger partial charge in [0, 0.05) is 32.0 Å². The van der Waals surface area contributed by atoms with Gasteiger partial charge in [0.1, 0.15) is 0 Å². The molecule has 0 aromatic carbocycles. The Balaban J connectivity index is 2.37. The zero-order valence-electron chi connectivity index (χ0n) is 12.9. The summed E-state index contributed by atoms with van der Waals surface area (Å²) in [5.74, 6) is -1.38. The molecular formula is C15H26N2O4.